The smallest absolute Gasteiger partial charge is 0.224 e. The average Bonchev–Trinajstić information content (AvgIpc) is 3.40. The highest BCUT2D eigenvalue weighted by Crippen LogP contribution is 2.26. The van der Waals surface area contributed by atoms with Gasteiger partial charge in [0.05, 0.1) is 5.92 Å². The number of hydrogen-bond acceptors (Lipinski definition) is 4. The molecule has 0 aromatic rings. The van der Waals surface area contributed by atoms with Crippen LogP contribution in [-0.4, -0.2) is 72.5 Å². The fourth-order valence-electron chi connectivity index (χ4n) is 4.04. The Hall–Kier alpha value is -0.260. The van der Waals surface area contributed by atoms with Gasteiger partial charge in [0, 0.05) is 18.6 Å². The van der Waals surface area contributed by atoms with E-state index in [-0.39, 0.29) is 5.92 Å². The molecule has 3 fully saturated rings. The molecule has 0 unspecified atom stereocenters. The zero-order valence-electron chi connectivity index (χ0n) is 14.6. The molecule has 0 bridgehead atoms. The molecular weight excluding hydrogens is 306 g/mol. The van der Waals surface area contributed by atoms with Crippen LogP contribution in [0.2, 0.25) is 0 Å². The number of amides is 1. The molecule has 1 amide bonds. The first kappa shape index (κ1) is 17.6. The van der Waals surface area contributed by atoms with Crippen molar-refractivity contribution in [3.8, 4) is 0 Å². The Kier molecular flexibility index (Phi) is 6.66. The molecule has 2 heterocycles. The summed E-state index contributed by atoms with van der Waals surface area (Å²) < 4.78 is 0. The monoisotopic (exact) mass is 339 g/mol. The molecule has 23 heavy (non-hydrogen) atoms. The molecule has 1 N–H and O–H groups in total. The molecule has 1 saturated carbocycles. The van der Waals surface area contributed by atoms with E-state index in [0.29, 0.717) is 18.0 Å². The van der Waals surface area contributed by atoms with Crippen LogP contribution in [0.1, 0.15) is 44.9 Å². The third kappa shape index (κ3) is 5.36. The van der Waals surface area contributed by atoms with Crippen molar-refractivity contribution in [3.05, 3.63) is 0 Å². The number of piperidine rings is 2. The van der Waals surface area contributed by atoms with Crippen molar-refractivity contribution in [2.75, 3.05) is 44.7 Å². The highest BCUT2D eigenvalue weighted by Gasteiger charge is 2.33. The van der Waals surface area contributed by atoms with Gasteiger partial charge in [0.25, 0.3) is 0 Å². The van der Waals surface area contributed by atoms with Gasteiger partial charge in [-0.1, -0.05) is 0 Å². The molecule has 132 valence electrons. The van der Waals surface area contributed by atoms with Crippen LogP contribution in [0.4, 0.5) is 0 Å². The Bertz CT molecular complexity index is 380. The number of nitrogens with one attached hydrogen (secondary N) is 1. The lowest BCUT2D eigenvalue weighted by molar-refractivity contribution is -0.127. The highest BCUT2D eigenvalue weighted by molar-refractivity contribution is 7.98. The number of carbonyl (C=O) groups excluding carboxylic acids is 1. The second kappa shape index (κ2) is 8.72. The first-order valence-corrected chi connectivity index (χ1v) is 10.9. The quantitative estimate of drug-likeness (QED) is 0.721. The number of carbonyl (C=O) groups is 1. The lowest BCUT2D eigenvalue weighted by Crippen LogP contribution is -2.51. The number of rotatable bonds is 7. The van der Waals surface area contributed by atoms with E-state index in [1.807, 2.05) is 11.8 Å². The summed E-state index contributed by atoms with van der Waals surface area (Å²) in [5.74, 6) is 1.85. The minimum Gasteiger partial charge on any atom is -0.353 e. The van der Waals surface area contributed by atoms with Crippen molar-refractivity contribution >= 4 is 17.7 Å². The second-order valence-corrected chi connectivity index (χ2v) is 8.52. The first-order valence-electron chi connectivity index (χ1n) is 9.52. The molecule has 0 aromatic heterocycles. The zero-order valence-corrected chi connectivity index (χ0v) is 15.5. The van der Waals surface area contributed by atoms with E-state index in [4.69, 9.17) is 0 Å². The molecule has 5 heteroatoms. The molecular formula is C18H33N3OS. The molecule has 1 atom stereocenters. The van der Waals surface area contributed by atoms with Gasteiger partial charge >= 0.3 is 0 Å². The molecule has 2 aliphatic heterocycles. The largest absolute Gasteiger partial charge is 0.353 e. The van der Waals surface area contributed by atoms with E-state index in [2.05, 4.69) is 21.4 Å². The Balaban J connectivity index is 1.39. The molecule has 1 aliphatic carbocycles. The summed E-state index contributed by atoms with van der Waals surface area (Å²) in [4.78, 5) is 17.6. The van der Waals surface area contributed by atoms with E-state index in [1.54, 1.807) is 0 Å². The van der Waals surface area contributed by atoms with Gasteiger partial charge in [-0.25, -0.2) is 0 Å². The third-order valence-corrected chi connectivity index (χ3v) is 6.34. The van der Waals surface area contributed by atoms with Gasteiger partial charge < -0.3 is 10.2 Å². The second-order valence-electron chi connectivity index (χ2n) is 7.54. The molecule has 3 rings (SSSR count). The van der Waals surface area contributed by atoms with Crippen LogP contribution < -0.4 is 5.32 Å². The SMILES string of the molecule is CSCCCN1CCC(N2CCC[C@H](C(=O)NC3CC3)C2)CC1. The van der Waals surface area contributed by atoms with Crippen molar-refractivity contribution in [2.45, 2.75) is 57.0 Å². The van der Waals surface area contributed by atoms with E-state index < -0.39 is 0 Å². The molecule has 0 spiro atoms. The standard InChI is InChI=1S/C18H33N3OS/c1-23-13-3-9-20-11-7-17(8-12-20)21-10-2-4-15(14-21)18(22)19-16-5-6-16/h15-17H,2-14H2,1H3,(H,19,22)/t15-/m0/s1. The van der Waals surface area contributed by atoms with Gasteiger partial charge in [-0.15, -0.1) is 0 Å². The minimum absolute atomic E-state index is 0.240. The van der Waals surface area contributed by atoms with Crippen LogP contribution in [0.15, 0.2) is 0 Å². The maximum atomic E-state index is 12.3. The van der Waals surface area contributed by atoms with Crippen LogP contribution in [0.5, 0.6) is 0 Å². The maximum absolute atomic E-state index is 12.3. The van der Waals surface area contributed by atoms with E-state index >= 15 is 0 Å². The van der Waals surface area contributed by atoms with E-state index in [0.717, 1.165) is 13.0 Å². The average molecular weight is 340 g/mol. The van der Waals surface area contributed by atoms with Gasteiger partial charge in [-0.3, -0.25) is 9.69 Å². The number of nitrogens with zero attached hydrogens (tertiary/aromatic N) is 2. The number of thioether (sulfide) groups is 1. The van der Waals surface area contributed by atoms with Crippen LogP contribution in [0.25, 0.3) is 0 Å². The maximum Gasteiger partial charge on any atom is 0.224 e. The summed E-state index contributed by atoms with van der Waals surface area (Å²) in [6, 6.07) is 1.21. The van der Waals surface area contributed by atoms with Gasteiger partial charge in [-0.2, -0.15) is 11.8 Å². The molecule has 2 saturated heterocycles. The lowest BCUT2D eigenvalue weighted by atomic mass is 9.93. The molecule has 3 aliphatic rings. The fourth-order valence-corrected chi connectivity index (χ4v) is 4.46. The third-order valence-electron chi connectivity index (χ3n) is 5.64. The van der Waals surface area contributed by atoms with Crippen LogP contribution in [-0.2, 0) is 4.79 Å². The molecule has 0 aromatic carbocycles. The van der Waals surface area contributed by atoms with Gasteiger partial charge in [0.2, 0.25) is 5.91 Å². The normalized spacial score (nSPS) is 28.0. The van der Waals surface area contributed by atoms with Crippen molar-refractivity contribution in [1.29, 1.82) is 0 Å². The summed E-state index contributed by atoms with van der Waals surface area (Å²) in [7, 11) is 0. The van der Waals surface area contributed by atoms with Crippen LogP contribution in [0, 0.1) is 5.92 Å². The molecule has 4 nitrogen and oxygen atoms in total. The summed E-state index contributed by atoms with van der Waals surface area (Å²) >= 11 is 1.95. The molecule has 0 radical (unpaired) electrons. The van der Waals surface area contributed by atoms with Crippen molar-refractivity contribution in [3.63, 3.8) is 0 Å². The first-order chi connectivity index (χ1) is 11.3. The summed E-state index contributed by atoms with van der Waals surface area (Å²) in [6.07, 6.45) is 10.7. The van der Waals surface area contributed by atoms with Crippen LogP contribution in [0.3, 0.4) is 0 Å². The fraction of sp³-hybridized carbons (Fsp3) is 0.944. The van der Waals surface area contributed by atoms with Crippen molar-refractivity contribution in [1.82, 2.24) is 15.1 Å². The van der Waals surface area contributed by atoms with E-state index in [9.17, 15) is 4.79 Å². The summed E-state index contributed by atoms with van der Waals surface area (Å²) in [5.41, 5.74) is 0. The van der Waals surface area contributed by atoms with Gasteiger partial charge in [0.1, 0.15) is 0 Å². The predicted molar refractivity (Wildman–Crippen MR) is 97.9 cm³/mol. The number of hydrogen-bond donors (Lipinski definition) is 1. The highest BCUT2D eigenvalue weighted by atomic mass is 32.2. The summed E-state index contributed by atoms with van der Waals surface area (Å²) in [5, 5.41) is 3.21. The van der Waals surface area contributed by atoms with Gasteiger partial charge in [0.15, 0.2) is 0 Å². The van der Waals surface area contributed by atoms with Crippen molar-refractivity contribution < 1.29 is 4.79 Å². The predicted octanol–water partition coefficient (Wildman–Crippen LogP) is 2.19. The number of likely N-dealkylation sites (tertiary alicyclic amines) is 2. The Morgan fingerprint density at radius 1 is 1.13 bits per heavy atom. The van der Waals surface area contributed by atoms with Gasteiger partial charge in [-0.05, 0) is 83.1 Å². The Morgan fingerprint density at radius 3 is 2.61 bits per heavy atom. The zero-order chi connectivity index (χ0) is 16.1. The summed E-state index contributed by atoms with van der Waals surface area (Å²) in [6.45, 7) is 5.95. The topological polar surface area (TPSA) is 35.6 Å². The lowest BCUT2D eigenvalue weighted by Gasteiger charge is -2.42. The van der Waals surface area contributed by atoms with Crippen molar-refractivity contribution in [2.24, 2.45) is 5.92 Å². The van der Waals surface area contributed by atoms with Crippen LogP contribution >= 0.6 is 11.8 Å². The minimum atomic E-state index is 0.240. The Morgan fingerprint density at radius 2 is 1.91 bits per heavy atom. The van der Waals surface area contributed by atoms with E-state index in [1.165, 1.54) is 70.5 Å². The Labute approximate surface area is 145 Å².